The summed E-state index contributed by atoms with van der Waals surface area (Å²) in [5, 5.41) is 21.5. The van der Waals surface area contributed by atoms with Crippen LogP contribution in [-0.2, 0) is 18.0 Å². The number of carbonyl (C=O) groups is 1. The zero-order chi connectivity index (χ0) is 25.2. The molecule has 4 aromatic rings. The first-order valence-electron chi connectivity index (χ1n) is 11.5. The van der Waals surface area contributed by atoms with Gasteiger partial charge in [-0.25, -0.2) is 0 Å². The second-order valence-corrected chi connectivity index (χ2v) is 8.04. The molecule has 0 unspecified atom stereocenters. The second-order valence-electron chi connectivity index (χ2n) is 8.04. The Morgan fingerprint density at radius 1 is 0.750 bits per heavy atom. The summed E-state index contributed by atoms with van der Waals surface area (Å²) >= 11 is 0. The number of aliphatic hydroxyl groups is 1. The molecule has 0 saturated heterocycles. The van der Waals surface area contributed by atoms with Gasteiger partial charge in [-0.3, -0.25) is 4.79 Å². The first kappa shape index (κ1) is 24.4. The molecule has 0 aromatic heterocycles. The number of phenols is 1. The van der Waals surface area contributed by atoms with Crippen LogP contribution < -0.4 is 9.47 Å². The molecule has 4 rings (SSSR count). The molecule has 0 bridgehead atoms. The van der Waals surface area contributed by atoms with E-state index in [-0.39, 0.29) is 23.7 Å². The predicted octanol–water partition coefficient (Wildman–Crippen LogP) is 6.73. The Morgan fingerprint density at radius 3 is 1.92 bits per heavy atom. The van der Waals surface area contributed by atoms with Crippen LogP contribution in [0.25, 0.3) is 11.8 Å². The molecule has 0 heterocycles. The number of hydrogen-bond acceptors (Lipinski definition) is 5. The Balaban J connectivity index is 1.59. The molecule has 0 aliphatic carbocycles. The van der Waals surface area contributed by atoms with Gasteiger partial charge in [-0.1, -0.05) is 97.1 Å². The smallest absolute Gasteiger partial charge is 0.182 e. The maximum atomic E-state index is 12.5. The monoisotopic (exact) mass is 478 g/mol. The minimum absolute atomic E-state index is 0.0134. The SMILES string of the molecule is O=C(/C=C(\O)c1c(O)cc(OCc2ccccc2)cc1OCc1ccccc1)/C=C/c1ccccc1. The lowest BCUT2D eigenvalue weighted by molar-refractivity contribution is -0.110. The third-order valence-electron chi connectivity index (χ3n) is 5.32. The fourth-order valence-electron chi connectivity index (χ4n) is 3.50. The van der Waals surface area contributed by atoms with Gasteiger partial charge in [0.05, 0.1) is 0 Å². The standard InChI is InChI=1S/C31H26O5/c32-26(17-16-23-10-4-1-5-11-23)18-28(33)31-29(34)19-27(35-21-24-12-6-2-7-13-24)20-30(31)36-22-25-14-8-3-9-15-25/h1-20,33-34H,21-22H2/b17-16+,28-18-. The Labute approximate surface area is 210 Å². The number of benzene rings is 4. The number of phenolic OH excluding ortho intramolecular Hbond substituents is 1. The Bertz CT molecular complexity index is 1340. The maximum absolute atomic E-state index is 12.5. The molecule has 0 aliphatic rings. The maximum Gasteiger partial charge on any atom is 0.182 e. The first-order chi connectivity index (χ1) is 17.6. The summed E-state index contributed by atoms with van der Waals surface area (Å²) in [5.41, 5.74) is 2.74. The van der Waals surface area contributed by atoms with Crippen LogP contribution in [0.2, 0.25) is 0 Å². The van der Waals surface area contributed by atoms with Crippen LogP contribution in [-0.4, -0.2) is 16.0 Å². The molecule has 0 aliphatic heterocycles. The highest BCUT2D eigenvalue weighted by Gasteiger charge is 2.18. The summed E-state index contributed by atoms with van der Waals surface area (Å²) < 4.78 is 11.8. The van der Waals surface area contributed by atoms with E-state index in [0.29, 0.717) is 12.4 Å². The fourth-order valence-corrected chi connectivity index (χ4v) is 3.50. The van der Waals surface area contributed by atoms with Crippen LogP contribution in [0.1, 0.15) is 22.3 Å². The molecule has 180 valence electrons. The topological polar surface area (TPSA) is 76.0 Å². The summed E-state index contributed by atoms with van der Waals surface area (Å²) in [7, 11) is 0. The van der Waals surface area contributed by atoms with E-state index in [1.54, 1.807) is 12.1 Å². The predicted molar refractivity (Wildman–Crippen MR) is 141 cm³/mol. The molecule has 36 heavy (non-hydrogen) atoms. The fraction of sp³-hybridized carbons (Fsp3) is 0.0645. The van der Waals surface area contributed by atoms with E-state index in [9.17, 15) is 15.0 Å². The lowest BCUT2D eigenvalue weighted by atomic mass is 10.1. The van der Waals surface area contributed by atoms with Gasteiger partial charge in [0.2, 0.25) is 0 Å². The largest absolute Gasteiger partial charge is 0.507 e. The normalized spacial score (nSPS) is 11.4. The minimum Gasteiger partial charge on any atom is -0.507 e. The number of ketones is 1. The van der Waals surface area contributed by atoms with Crippen LogP contribution in [0.5, 0.6) is 17.2 Å². The second kappa shape index (κ2) is 12.1. The molecule has 0 amide bonds. The van der Waals surface area contributed by atoms with Gasteiger partial charge in [0.25, 0.3) is 0 Å². The molecule has 0 spiro atoms. The highest BCUT2D eigenvalue weighted by Crippen LogP contribution is 2.38. The zero-order valence-corrected chi connectivity index (χ0v) is 19.6. The molecular weight excluding hydrogens is 452 g/mol. The summed E-state index contributed by atoms with van der Waals surface area (Å²) in [6, 6.07) is 31.5. The van der Waals surface area contributed by atoms with E-state index >= 15 is 0 Å². The van der Waals surface area contributed by atoms with Crippen molar-refractivity contribution in [3.63, 3.8) is 0 Å². The van der Waals surface area contributed by atoms with Crippen molar-refractivity contribution in [2.45, 2.75) is 13.2 Å². The highest BCUT2D eigenvalue weighted by atomic mass is 16.5. The van der Waals surface area contributed by atoms with Crippen molar-refractivity contribution in [1.29, 1.82) is 0 Å². The first-order valence-corrected chi connectivity index (χ1v) is 11.5. The van der Waals surface area contributed by atoms with E-state index in [2.05, 4.69) is 0 Å². The molecule has 0 atom stereocenters. The van der Waals surface area contributed by atoms with Gasteiger partial charge in [-0.15, -0.1) is 0 Å². The molecular formula is C31H26O5. The van der Waals surface area contributed by atoms with Gasteiger partial charge in [0, 0.05) is 18.2 Å². The number of ether oxygens (including phenoxy) is 2. The summed E-state index contributed by atoms with van der Waals surface area (Å²) in [6.07, 6.45) is 4.05. The lowest BCUT2D eigenvalue weighted by Gasteiger charge is -2.15. The lowest BCUT2D eigenvalue weighted by Crippen LogP contribution is -2.02. The molecule has 0 saturated carbocycles. The van der Waals surface area contributed by atoms with Crippen molar-refractivity contribution in [2.24, 2.45) is 0 Å². The van der Waals surface area contributed by atoms with Gasteiger partial charge >= 0.3 is 0 Å². The third-order valence-corrected chi connectivity index (χ3v) is 5.32. The Kier molecular flexibility index (Phi) is 8.18. The van der Waals surface area contributed by atoms with Crippen molar-refractivity contribution >= 4 is 17.6 Å². The molecule has 5 heteroatoms. The van der Waals surface area contributed by atoms with Crippen molar-refractivity contribution in [2.75, 3.05) is 0 Å². The quantitative estimate of drug-likeness (QED) is 0.195. The number of aliphatic hydroxyl groups excluding tert-OH is 1. The number of hydrogen-bond donors (Lipinski definition) is 2. The van der Waals surface area contributed by atoms with E-state index in [0.717, 1.165) is 22.8 Å². The highest BCUT2D eigenvalue weighted by molar-refractivity contribution is 6.06. The molecule has 0 radical (unpaired) electrons. The van der Waals surface area contributed by atoms with Crippen molar-refractivity contribution in [3.8, 4) is 17.2 Å². The van der Waals surface area contributed by atoms with E-state index in [1.807, 2.05) is 91.0 Å². The molecule has 2 N–H and O–H groups in total. The average molecular weight is 479 g/mol. The van der Waals surface area contributed by atoms with Crippen molar-refractivity contribution in [3.05, 3.63) is 138 Å². The van der Waals surface area contributed by atoms with Gasteiger partial charge < -0.3 is 19.7 Å². The van der Waals surface area contributed by atoms with Crippen LogP contribution in [0.15, 0.2) is 115 Å². The van der Waals surface area contributed by atoms with Crippen LogP contribution >= 0.6 is 0 Å². The van der Waals surface area contributed by atoms with Crippen LogP contribution in [0, 0.1) is 0 Å². The van der Waals surface area contributed by atoms with Gasteiger partial charge in [0.1, 0.15) is 41.8 Å². The van der Waals surface area contributed by atoms with Gasteiger partial charge in [0.15, 0.2) is 5.78 Å². The third kappa shape index (κ3) is 6.87. The van der Waals surface area contributed by atoms with Crippen LogP contribution in [0.4, 0.5) is 0 Å². The van der Waals surface area contributed by atoms with Crippen LogP contribution in [0.3, 0.4) is 0 Å². The average Bonchev–Trinajstić information content (AvgIpc) is 2.91. The zero-order valence-electron chi connectivity index (χ0n) is 19.6. The molecule has 5 nitrogen and oxygen atoms in total. The molecule has 4 aromatic carbocycles. The number of allylic oxidation sites excluding steroid dienone is 2. The Hall–Kier alpha value is -4.77. The summed E-state index contributed by atoms with van der Waals surface area (Å²) in [6.45, 7) is 0.493. The Morgan fingerprint density at radius 2 is 1.31 bits per heavy atom. The summed E-state index contributed by atoms with van der Waals surface area (Å²) in [5.74, 6) is -0.555. The van der Waals surface area contributed by atoms with E-state index in [1.165, 1.54) is 12.1 Å². The van der Waals surface area contributed by atoms with Gasteiger partial charge in [-0.05, 0) is 22.8 Å². The molecule has 0 fully saturated rings. The minimum atomic E-state index is -0.436. The van der Waals surface area contributed by atoms with Crippen molar-refractivity contribution < 1.29 is 24.5 Å². The van der Waals surface area contributed by atoms with E-state index < -0.39 is 11.5 Å². The summed E-state index contributed by atoms with van der Waals surface area (Å²) in [4.78, 5) is 12.5. The van der Waals surface area contributed by atoms with Gasteiger partial charge in [-0.2, -0.15) is 0 Å². The number of rotatable bonds is 10. The van der Waals surface area contributed by atoms with Crippen molar-refractivity contribution in [1.82, 2.24) is 0 Å². The van der Waals surface area contributed by atoms with E-state index in [4.69, 9.17) is 9.47 Å². The number of aromatic hydroxyl groups is 1. The number of carbonyl (C=O) groups excluding carboxylic acids is 1.